The van der Waals surface area contributed by atoms with E-state index >= 15 is 0 Å². The van der Waals surface area contributed by atoms with E-state index < -0.39 is 0 Å². The zero-order chi connectivity index (χ0) is 10.6. The van der Waals surface area contributed by atoms with Gasteiger partial charge in [0, 0.05) is 12.6 Å². The van der Waals surface area contributed by atoms with Crippen LogP contribution in [0.5, 0.6) is 0 Å². The highest BCUT2D eigenvalue weighted by atomic mass is 79.9. The Balaban J connectivity index is 3.07. The molecule has 0 aliphatic heterocycles. The van der Waals surface area contributed by atoms with Gasteiger partial charge in [-0.1, -0.05) is 28.1 Å². The molecule has 1 aromatic carbocycles. The molecule has 0 fully saturated rings. The summed E-state index contributed by atoms with van der Waals surface area (Å²) in [5.41, 5.74) is 2.82. The number of benzene rings is 1. The fourth-order valence-electron chi connectivity index (χ4n) is 1.11. The third kappa shape index (κ3) is 2.45. The first kappa shape index (κ1) is 11.0. The number of halogens is 1. The molecule has 1 N–H and O–H groups in total. The number of rotatable bonds is 2. The molecule has 1 aromatic rings. The van der Waals surface area contributed by atoms with Gasteiger partial charge in [-0.25, -0.2) is 0 Å². The van der Waals surface area contributed by atoms with Gasteiger partial charge in [0.25, 0.3) is 5.91 Å². The molecule has 0 bridgehead atoms. The highest BCUT2D eigenvalue weighted by Gasteiger charge is 2.03. The van der Waals surface area contributed by atoms with E-state index in [1.165, 1.54) is 0 Å². The summed E-state index contributed by atoms with van der Waals surface area (Å²) >= 11 is 3.27. The van der Waals surface area contributed by atoms with Crippen LogP contribution in [0.15, 0.2) is 29.3 Å². The lowest BCUT2D eigenvalue weighted by atomic mass is 10.1. The summed E-state index contributed by atoms with van der Waals surface area (Å²) in [7, 11) is 1.63. The van der Waals surface area contributed by atoms with Crippen molar-refractivity contribution in [2.75, 3.05) is 7.05 Å². The number of amides is 1. The molecular weight excluding hydrogens is 242 g/mol. The van der Waals surface area contributed by atoms with Crippen molar-refractivity contribution in [3.8, 4) is 0 Å². The lowest BCUT2D eigenvalue weighted by Gasteiger charge is -2.03. The van der Waals surface area contributed by atoms with Crippen LogP contribution in [0.25, 0.3) is 5.57 Å². The van der Waals surface area contributed by atoms with Gasteiger partial charge in [-0.3, -0.25) is 4.79 Å². The molecule has 0 heterocycles. The Bertz CT molecular complexity index is 371. The Labute approximate surface area is 92.1 Å². The first-order chi connectivity index (χ1) is 6.69. The summed E-state index contributed by atoms with van der Waals surface area (Å²) in [6, 6.07) is 7.51. The molecule has 0 aromatic heterocycles. The van der Waals surface area contributed by atoms with Gasteiger partial charge in [-0.05, 0) is 35.2 Å². The minimum atomic E-state index is -0.0609. The highest BCUT2D eigenvalue weighted by molar-refractivity contribution is 9.11. The molecule has 0 saturated heterocycles. The van der Waals surface area contributed by atoms with Gasteiger partial charge in [0.15, 0.2) is 0 Å². The Morgan fingerprint density at radius 1 is 1.43 bits per heavy atom. The number of nitrogens with one attached hydrogen (secondary N) is 1. The molecule has 0 radical (unpaired) electrons. The Morgan fingerprint density at radius 2 is 2.07 bits per heavy atom. The summed E-state index contributed by atoms with van der Waals surface area (Å²) in [5, 5.41) is 2.60. The number of carbonyl (C=O) groups excluding carboxylic acids is 1. The van der Waals surface area contributed by atoms with E-state index in [1.807, 2.05) is 30.1 Å². The first-order valence-electron chi connectivity index (χ1n) is 4.28. The molecule has 0 atom stereocenters. The van der Waals surface area contributed by atoms with E-state index in [1.54, 1.807) is 13.1 Å². The molecule has 0 aliphatic carbocycles. The number of carbonyl (C=O) groups is 1. The lowest BCUT2D eigenvalue weighted by molar-refractivity contribution is 0.0963. The summed E-state index contributed by atoms with van der Waals surface area (Å²) in [6.45, 7) is 1.98. The van der Waals surface area contributed by atoms with Crippen molar-refractivity contribution in [3.63, 3.8) is 0 Å². The fraction of sp³-hybridized carbons (Fsp3) is 0.182. The van der Waals surface area contributed by atoms with Crippen LogP contribution in [-0.4, -0.2) is 13.0 Å². The Morgan fingerprint density at radius 3 is 2.64 bits per heavy atom. The highest BCUT2D eigenvalue weighted by Crippen LogP contribution is 2.16. The lowest BCUT2D eigenvalue weighted by Crippen LogP contribution is -2.17. The van der Waals surface area contributed by atoms with Crippen LogP contribution < -0.4 is 5.32 Å². The third-order valence-corrected chi connectivity index (χ3v) is 2.66. The van der Waals surface area contributed by atoms with Gasteiger partial charge in [0.1, 0.15) is 0 Å². The second kappa shape index (κ2) is 4.96. The van der Waals surface area contributed by atoms with Crippen LogP contribution in [-0.2, 0) is 0 Å². The van der Waals surface area contributed by atoms with Gasteiger partial charge in [-0.15, -0.1) is 0 Å². The van der Waals surface area contributed by atoms with Crippen molar-refractivity contribution < 1.29 is 4.79 Å². The number of hydrogen-bond acceptors (Lipinski definition) is 1. The predicted molar refractivity (Wildman–Crippen MR) is 62.4 cm³/mol. The minimum absolute atomic E-state index is 0.0609. The molecule has 0 aliphatic rings. The van der Waals surface area contributed by atoms with E-state index in [2.05, 4.69) is 21.2 Å². The Hall–Kier alpha value is -1.09. The molecular formula is C11H12BrNO. The largest absolute Gasteiger partial charge is 0.355 e. The van der Waals surface area contributed by atoms with Gasteiger partial charge in [0.2, 0.25) is 0 Å². The zero-order valence-corrected chi connectivity index (χ0v) is 9.76. The monoisotopic (exact) mass is 253 g/mol. The fourth-order valence-corrected chi connectivity index (χ4v) is 1.38. The maximum absolute atomic E-state index is 11.3. The molecule has 2 nitrogen and oxygen atoms in total. The van der Waals surface area contributed by atoms with Crippen molar-refractivity contribution >= 4 is 27.4 Å². The molecule has 74 valence electrons. The summed E-state index contributed by atoms with van der Waals surface area (Å²) < 4.78 is 0. The molecule has 0 spiro atoms. The van der Waals surface area contributed by atoms with Crippen LogP contribution >= 0.6 is 15.9 Å². The number of hydrogen-bond donors (Lipinski definition) is 1. The first-order valence-corrected chi connectivity index (χ1v) is 5.20. The van der Waals surface area contributed by atoms with Crippen molar-refractivity contribution in [3.05, 3.63) is 40.4 Å². The molecule has 1 amide bonds. The second-order valence-electron chi connectivity index (χ2n) is 2.95. The van der Waals surface area contributed by atoms with Gasteiger partial charge < -0.3 is 5.32 Å². The maximum atomic E-state index is 11.3. The average Bonchev–Trinajstić information content (AvgIpc) is 2.27. The normalized spacial score (nSPS) is 11.2. The van der Waals surface area contributed by atoms with Crippen molar-refractivity contribution in [2.45, 2.75) is 6.92 Å². The summed E-state index contributed by atoms with van der Waals surface area (Å²) in [5.74, 6) is -0.0609. The van der Waals surface area contributed by atoms with Crippen molar-refractivity contribution in [1.29, 1.82) is 0 Å². The smallest absolute Gasteiger partial charge is 0.251 e. The molecule has 3 heteroatoms. The van der Waals surface area contributed by atoms with Crippen LogP contribution in [0.3, 0.4) is 0 Å². The average molecular weight is 254 g/mol. The summed E-state index contributed by atoms with van der Waals surface area (Å²) in [4.78, 5) is 13.2. The van der Waals surface area contributed by atoms with Crippen LogP contribution in [0.4, 0.5) is 0 Å². The van der Waals surface area contributed by atoms with Gasteiger partial charge >= 0.3 is 0 Å². The van der Waals surface area contributed by atoms with Crippen LogP contribution in [0.1, 0.15) is 22.8 Å². The van der Waals surface area contributed by atoms with E-state index in [0.29, 0.717) is 5.56 Å². The quantitative estimate of drug-likeness (QED) is 0.863. The molecule has 1 rings (SSSR count). The SMILES string of the molecule is CNC(=O)c1cccc(/C(C)=C/Br)c1. The Kier molecular flexibility index (Phi) is 3.89. The van der Waals surface area contributed by atoms with Gasteiger partial charge in [0.05, 0.1) is 0 Å². The second-order valence-corrected chi connectivity index (χ2v) is 3.41. The van der Waals surface area contributed by atoms with Crippen LogP contribution in [0.2, 0.25) is 0 Å². The van der Waals surface area contributed by atoms with Crippen LogP contribution in [0, 0.1) is 0 Å². The maximum Gasteiger partial charge on any atom is 0.251 e. The minimum Gasteiger partial charge on any atom is -0.355 e. The van der Waals surface area contributed by atoms with Crippen molar-refractivity contribution in [1.82, 2.24) is 5.32 Å². The standard InChI is InChI=1S/C11H12BrNO/c1-8(7-12)9-4-3-5-10(6-9)11(14)13-2/h3-7H,1-2H3,(H,13,14)/b8-7+. The molecule has 0 unspecified atom stereocenters. The van der Waals surface area contributed by atoms with Gasteiger partial charge in [-0.2, -0.15) is 0 Å². The van der Waals surface area contributed by atoms with E-state index in [4.69, 9.17) is 0 Å². The van der Waals surface area contributed by atoms with Crippen molar-refractivity contribution in [2.24, 2.45) is 0 Å². The topological polar surface area (TPSA) is 29.1 Å². The predicted octanol–water partition coefficient (Wildman–Crippen LogP) is 2.80. The van der Waals surface area contributed by atoms with E-state index in [0.717, 1.165) is 11.1 Å². The van der Waals surface area contributed by atoms with E-state index in [9.17, 15) is 4.79 Å². The number of allylic oxidation sites excluding steroid dienone is 1. The van der Waals surface area contributed by atoms with E-state index in [-0.39, 0.29) is 5.91 Å². The zero-order valence-electron chi connectivity index (χ0n) is 8.17. The molecule has 0 saturated carbocycles. The summed E-state index contributed by atoms with van der Waals surface area (Å²) in [6.07, 6.45) is 0. The third-order valence-electron chi connectivity index (χ3n) is 1.97. The molecule has 14 heavy (non-hydrogen) atoms.